The molecule has 5 nitrogen and oxygen atoms in total. The number of amides is 1. The van der Waals surface area contributed by atoms with Crippen molar-refractivity contribution >= 4 is 6.09 Å². The summed E-state index contributed by atoms with van der Waals surface area (Å²) >= 11 is 0. The van der Waals surface area contributed by atoms with Crippen LogP contribution < -0.4 is 0 Å². The third-order valence-electron chi connectivity index (χ3n) is 8.24. The predicted octanol–water partition coefficient (Wildman–Crippen LogP) is 6.72. The second-order valence-corrected chi connectivity index (χ2v) is 10.7. The average molecular weight is 578 g/mol. The number of aliphatic hydroxyl groups is 1. The molecule has 216 valence electrons. The molecule has 0 saturated carbocycles. The van der Waals surface area contributed by atoms with E-state index in [4.69, 9.17) is 9.47 Å². The van der Waals surface area contributed by atoms with Gasteiger partial charge in [-0.2, -0.15) is 26.3 Å². The van der Waals surface area contributed by atoms with Gasteiger partial charge in [0.1, 0.15) is 6.61 Å². The summed E-state index contributed by atoms with van der Waals surface area (Å²) < 4.78 is 94.7. The van der Waals surface area contributed by atoms with Crippen molar-refractivity contribution in [1.29, 1.82) is 0 Å². The van der Waals surface area contributed by atoms with Gasteiger partial charge < -0.3 is 14.6 Å². The lowest BCUT2D eigenvalue weighted by atomic mass is 9.73. The summed E-state index contributed by atoms with van der Waals surface area (Å²) in [6, 6.07) is 15.2. The van der Waals surface area contributed by atoms with E-state index in [-0.39, 0.29) is 25.7 Å². The van der Waals surface area contributed by atoms with E-state index >= 15 is 0 Å². The maximum absolute atomic E-state index is 13.9. The van der Waals surface area contributed by atoms with Crippen molar-refractivity contribution in [2.75, 3.05) is 19.8 Å². The second kappa shape index (κ2) is 9.77. The second-order valence-electron chi connectivity index (χ2n) is 10.7. The molecule has 2 heterocycles. The first-order valence-corrected chi connectivity index (χ1v) is 13.1. The van der Waals surface area contributed by atoms with Gasteiger partial charge in [0.15, 0.2) is 0 Å². The van der Waals surface area contributed by atoms with Gasteiger partial charge in [0.2, 0.25) is 0 Å². The Morgan fingerprint density at radius 1 is 0.829 bits per heavy atom. The van der Waals surface area contributed by atoms with Crippen molar-refractivity contribution < 1.29 is 45.7 Å². The number of carbonyl (C=O) groups is 1. The number of hydrogen-bond acceptors (Lipinski definition) is 4. The molecule has 2 saturated heterocycles. The molecule has 2 bridgehead atoms. The number of piperidine rings is 1. The van der Waals surface area contributed by atoms with Gasteiger partial charge in [-0.05, 0) is 34.4 Å². The number of benzene rings is 3. The number of alkyl halides is 6. The number of morpholine rings is 1. The number of carbonyl (C=O) groups excluding carboxylic acids is 1. The molecule has 1 aliphatic carbocycles. The maximum atomic E-state index is 13.9. The quantitative estimate of drug-likeness (QED) is 0.351. The lowest BCUT2D eigenvalue weighted by Crippen LogP contribution is -2.63. The fraction of sp³-hybridized carbons (Fsp3) is 0.367. The zero-order valence-corrected chi connectivity index (χ0v) is 21.5. The van der Waals surface area contributed by atoms with Crippen LogP contribution in [0.3, 0.4) is 0 Å². The highest BCUT2D eigenvalue weighted by Crippen LogP contribution is 2.50. The van der Waals surface area contributed by atoms with Crippen LogP contribution in [-0.2, 0) is 27.4 Å². The van der Waals surface area contributed by atoms with Gasteiger partial charge in [-0.15, -0.1) is 0 Å². The molecule has 2 fully saturated rings. The van der Waals surface area contributed by atoms with Gasteiger partial charge in [-0.25, -0.2) is 4.79 Å². The topological polar surface area (TPSA) is 59.0 Å². The Morgan fingerprint density at radius 2 is 1.32 bits per heavy atom. The number of rotatable bonds is 3. The number of nitrogens with zero attached hydrogens (tertiary/aromatic N) is 1. The van der Waals surface area contributed by atoms with E-state index < -0.39 is 65.7 Å². The van der Waals surface area contributed by atoms with Gasteiger partial charge in [-0.1, -0.05) is 54.6 Å². The van der Waals surface area contributed by atoms with Gasteiger partial charge in [-0.3, -0.25) is 4.90 Å². The molecule has 0 aromatic heterocycles. The Hall–Kier alpha value is -3.57. The van der Waals surface area contributed by atoms with Crippen molar-refractivity contribution in [2.24, 2.45) is 0 Å². The Bertz CT molecular complexity index is 1390. The fourth-order valence-corrected chi connectivity index (χ4v) is 6.67. The third kappa shape index (κ3) is 4.74. The zero-order chi connectivity index (χ0) is 29.2. The van der Waals surface area contributed by atoms with Crippen LogP contribution in [0.2, 0.25) is 0 Å². The highest BCUT2D eigenvalue weighted by Gasteiger charge is 2.54. The maximum Gasteiger partial charge on any atom is 0.416 e. The highest BCUT2D eigenvalue weighted by atomic mass is 19.4. The molecule has 2 aliphatic heterocycles. The van der Waals surface area contributed by atoms with Gasteiger partial charge in [0, 0.05) is 24.3 Å². The Morgan fingerprint density at radius 3 is 1.80 bits per heavy atom. The minimum atomic E-state index is -5.14. The van der Waals surface area contributed by atoms with Crippen molar-refractivity contribution in [3.05, 3.63) is 94.5 Å². The van der Waals surface area contributed by atoms with Crippen molar-refractivity contribution in [1.82, 2.24) is 4.90 Å². The van der Waals surface area contributed by atoms with Crippen LogP contribution in [0.5, 0.6) is 0 Å². The zero-order valence-electron chi connectivity index (χ0n) is 21.5. The minimum Gasteiger partial charge on any atom is -0.448 e. The summed E-state index contributed by atoms with van der Waals surface area (Å²) in [5, 5.41) is 11.5. The number of halogens is 6. The number of fused-ring (bicyclic) bond motifs is 5. The normalized spacial score (nSPS) is 24.1. The third-order valence-corrected chi connectivity index (χ3v) is 8.24. The SMILES string of the molecule is O=C(OCC1c2ccccc2-c2ccccc21)N1C2COCC1CC(O)(c1c(C(F)(F)F)cccc1C(F)(F)F)C2. The van der Waals surface area contributed by atoms with Crippen molar-refractivity contribution in [2.45, 2.75) is 48.8 Å². The molecule has 6 rings (SSSR count). The summed E-state index contributed by atoms with van der Waals surface area (Å²) in [4.78, 5) is 14.7. The van der Waals surface area contributed by atoms with Crippen LogP contribution in [0.15, 0.2) is 66.7 Å². The Balaban J connectivity index is 1.27. The van der Waals surface area contributed by atoms with Gasteiger partial charge in [0.05, 0.1) is 42.0 Å². The first kappa shape index (κ1) is 27.6. The molecule has 1 N–H and O–H groups in total. The van der Waals surface area contributed by atoms with Crippen LogP contribution in [0.1, 0.15) is 46.6 Å². The first-order valence-electron chi connectivity index (χ1n) is 13.1. The summed E-state index contributed by atoms with van der Waals surface area (Å²) in [7, 11) is 0. The average Bonchev–Trinajstić information content (AvgIpc) is 3.23. The summed E-state index contributed by atoms with van der Waals surface area (Å²) in [5.41, 5.74) is -2.79. The lowest BCUT2D eigenvalue weighted by molar-refractivity contribution is -0.162. The van der Waals surface area contributed by atoms with E-state index in [2.05, 4.69) is 0 Å². The molecule has 1 amide bonds. The standard InChI is InChI=1S/C30H25F6NO4/c31-29(32,33)24-10-5-11-25(30(34,35)36)26(24)28(39)12-17-14-40-15-18(13-28)37(17)27(38)41-16-23-21-8-3-1-6-19(21)20-7-2-4-9-22(20)23/h1-11,17-18,23,39H,12-16H2. The fourth-order valence-electron chi connectivity index (χ4n) is 6.67. The van der Waals surface area contributed by atoms with Crippen LogP contribution in [0.4, 0.5) is 31.1 Å². The van der Waals surface area contributed by atoms with E-state index in [0.717, 1.165) is 22.3 Å². The highest BCUT2D eigenvalue weighted by molar-refractivity contribution is 5.79. The molecule has 0 radical (unpaired) electrons. The van der Waals surface area contributed by atoms with Gasteiger partial charge in [0.25, 0.3) is 0 Å². The van der Waals surface area contributed by atoms with Crippen molar-refractivity contribution in [3.8, 4) is 11.1 Å². The molecular weight excluding hydrogens is 552 g/mol. The van der Waals surface area contributed by atoms with Gasteiger partial charge >= 0.3 is 18.4 Å². The lowest BCUT2D eigenvalue weighted by Gasteiger charge is -2.51. The Kier molecular flexibility index (Phi) is 6.57. The molecule has 3 aliphatic rings. The van der Waals surface area contributed by atoms with Crippen LogP contribution >= 0.6 is 0 Å². The monoisotopic (exact) mass is 577 g/mol. The van der Waals surface area contributed by atoms with Crippen LogP contribution in [-0.4, -0.2) is 48.0 Å². The minimum absolute atomic E-state index is 0.0109. The first-order chi connectivity index (χ1) is 19.4. The largest absolute Gasteiger partial charge is 0.448 e. The molecule has 3 aromatic rings. The molecular formula is C30H25F6NO4. The summed E-state index contributed by atoms with van der Waals surface area (Å²) in [5.74, 6) is -0.239. The van der Waals surface area contributed by atoms with E-state index in [1.807, 2.05) is 48.5 Å². The van der Waals surface area contributed by atoms with Crippen molar-refractivity contribution in [3.63, 3.8) is 0 Å². The smallest absolute Gasteiger partial charge is 0.416 e. The molecule has 0 spiro atoms. The van der Waals surface area contributed by atoms with Crippen LogP contribution in [0, 0.1) is 0 Å². The van der Waals surface area contributed by atoms with Crippen LogP contribution in [0.25, 0.3) is 11.1 Å². The van der Waals surface area contributed by atoms with E-state index in [0.29, 0.717) is 18.2 Å². The summed E-state index contributed by atoms with van der Waals surface area (Å²) in [6.07, 6.45) is -12.2. The predicted molar refractivity (Wildman–Crippen MR) is 135 cm³/mol. The van der Waals surface area contributed by atoms with E-state index in [9.17, 15) is 36.2 Å². The number of ether oxygens (including phenoxy) is 2. The van der Waals surface area contributed by atoms with E-state index in [1.165, 1.54) is 4.90 Å². The summed E-state index contributed by atoms with van der Waals surface area (Å²) in [6.45, 7) is -0.347. The molecule has 3 aromatic carbocycles. The molecule has 41 heavy (non-hydrogen) atoms. The molecule has 2 atom stereocenters. The Labute approximate surface area is 231 Å². The molecule has 2 unspecified atom stereocenters. The van der Waals surface area contributed by atoms with E-state index in [1.54, 1.807) is 0 Å². The molecule has 11 heteroatoms. The number of hydrogen-bond donors (Lipinski definition) is 1.